The van der Waals surface area contributed by atoms with E-state index in [1.165, 1.54) is 27.8 Å². The lowest BCUT2D eigenvalue weighted by molar-refractivity contribution is 1.15. The summed E-state index contributed by atoms with van der Waals surface area (Å²) in [7, 11) is 0. The van der Waals surface area contributed by atoms with Crippen LogP contribution in [0.4, 0.5) is 0 Å². The van der Waals surface area contributed by atoms with Crippen molar-refractivity contribution in [3.8, 4) is 33.5 Å². The first kappa shape index (κ1) is 15.4. The number of hydrogen-bond donors (Lipinski definition) is 1. The van der Waals surface area contributed by atoms with E-state index in [9.17, 15) is 0 Å². The van der Waals surface area contributed by atoms with E-state index >= 15 is 0 Å². The van der Waals surface area contributed by atoms with Crippen LogP contribution in [-0.2, 0) is 0 Å². The van der Waals surface area contributed by atoms with Crippen molar-refractivity contribution in [2.45, 2.75) is 13.8 Å². The molecule has 25 heavy (non-hydrogen) atoms. The number of aromatic nitrogens is 2. The Hall–Kier alpha value is -3.13. The predicted octanol–water partition coefficient (Wildman–Crippen LogP) is 6.03. The van der Waals surface area contributed by atoms with Gasteiger partial charge in [-0.3, -0.25) is 0 Å². The number of hydrogen-bond acceptors (Lipinski definition) is 1. The topological polar surface area (TPSA) is 28.7 Å². The molecule has 3 aromatic carbocycles. The van der Waals surface area contributed by atoms with Gasteiger partial charge in [-0.05, 0) is 41.7 Å². The molecule has 1 N–H and O–H groups in total. The van der Waals surface area contributed by atoms with Crippen LogP contribution >= 0.6 is 0 Å². The molecule has 1 heterocycles. The summed E-state index contributed by atoms with van der Waals surface area (Å²) in [5.74, 6) is 0.936. The van der Waals surface area contributed by atoms with Gasteiger partial charge in [0, 0.05) is 0 Å². The highest BCUT2D eigenvalue weighted by molar-refractivity contribution is 5.72. The summed E-state index contributed by atoms with van der Waals surface area (Å²) >= 11 is 0. The van der Waals surface area contributed by atoms with Crippen molar-refractivity contribution in [2.24, 2.45) is 0 Å². The van der Waals surface area contributed by atoms with Gasteiger partial charge in [0.15, 0.2) is 0 Å². The maximum absolute atomic E-state index is 4.26. The van der Waals surface area contributed by atoms with Crippen LogP contribution in [0.5, 0.6) is 0 Å². The number of nitrogens with one attached hydrogen (secondary N) is 1. The summed E-state index contributed by atoms with van der Waals surface area (Å²) in [5.41, 5.74) is 8.43. The Morgan fingerprint density at radius 3 is 1.36 bits per heavy atom. The molecule has 0 fully saturated rings. The molecule has 0 radical (unpaired) electrons. The molecule has 0 aliphatic rings. The Labute approximate surface area is 148 Å². The van der Waals surface area contributed by atoms with Crippen LogP contribution < -0.4 is 0 Å². The zero-order valence-corrected chi connectivity index (χ0v) is 14.5. The molecule has 0 bridgehead atoms. The van der Waals surface area contributed by atoms with Gasteiger partial charge in [0.1, 0.15) is 5.82 Å². The van der Waals surface area contributed by atoms with Crippen molar-refractivity contribution in [2.75, 3.05) is 0 Å². The van der Waals surface area contributed by atoms with Gasteiger partial charge in [-0.15, -0.1) is 0 Å². The van der Waals surface area contributed by atoms with Gasteiger partial charge in [0.05, 0.1) is 11.9 Å². The van der Waals surface area contributed by atoms with E-state index in [2.05, 4.69) is 89.7 Å². The van der Waals surface area contributed by atoms with E-state index in [1.807, 2.05) is 13.1 Å². The van der Waals surface area contributed by atoms with E-state index in [-0.39, 0.29) is 0 Å². The van der Waals surface area contributed by atoms with Gasteiger partial charge in [0.2, 0.25) is 0 Å². The highest BCUT2D eigenvalue weighted by atomic mass is 14.9. The molecule has 122 valence electrons. The van der Waals surface area contributed by atoms with Crippen molar-refractivity contribution >= 4 is 0 Å². The van der Waals surface area contributed by atoms with Crippen LogP contribution in [0, 0.1) is 13.8 Å². The van der Waals surface area contributed by atoms with E-state index in [1.54, 1.807) is 0 Å². The molecule has 4 aromatic rings. The first-order valence-corrected chi connectivity index (χ1v) is 8.48. The molecule has 1 aromatic heterocycles. The molecular weight excluding hydrogens is 304 g/mol. The van der Waals surface area contributed by atoms with E-state index < -0.39 is 0 Å². The van der Waals surface area contributed by atoms with Crippen LogP contribution in [0.25, 0.3) is 33.5 Å². The number of aromatic amines is 1. The number of imidazole rings is 1. The van der Waals surface area contributed by atoms with Crippen LogP contribution in [0.15, 0.2) is 79.0 Å². The minimum atomic E-state index is 0.936. The molecule has 0 atom stereocenters. The van der Waals surface area contributed by atoms with Gasteiger partial charge in [-0.2, -0.15) is 0 Å². The maximum atomic E-state index is 4.26. The first-order chi connectivity index (χ1) is 12.2. The first-order valence-electron chi connectivity index (χ1n) is 8.48. The minimum Gasteiger partial charge on any atom is -0.342 e. The predicted molar refractivity (Wildman–Crippen MR) is 104 cm³/mol. The Morgan fingerprint density at radius 1 is 0.560 bits per heavy atom. The van der Waals surface area contributed by atoms with E-state index in [4.69, 9.17) is 0 Å². The highest BCUT2D eigenvalue weighted by Gasteiger charge is 2.03. The Balaban J connectivity index is 1.58. The van der Waals surface area contributed by atoms with E-state index in [0.29, 0.717) is 0 Å². The van der Waals surface area contributed by atoms with Crippen molar-refractivity contribution in [3.05, 3.63) is 90.4 Å². The van der Waals surface area contributed by atoms with Crippen molar-refractivity contribution in [3.63, 3.8) is 0 Å². The molecule has 0 spiro atoms. The molecule has 2 heteroatoms. The summed E-state index contributed by atoms with van der Waals surface area (Å²) in [4.78, 5) is 7.53. The van der Waals surface area contributed by atoms with Crippen LogP contribution in [-0.4, -0.2) is 9.97 Å². The lowest BCUT2D eigenvalue weighted by Gasteiger charge is -2.06. The number of benzene rings is 3. The molecule has 0 saturated carbocycles. The normalized spacial score (nSPS) is 10.8. The molecule has 2 nitrogen and oxygen atoms in total. The smallest absolute Gasteiger partial charge is 0.103 e. The van der Waals surface area contributed by atoms with E-state index in [0.717, 1.165) is 17.1 Å². The summed E-state index contributed by atoms with van der Waals surface area (Å²) in [6, 6.07) is 26.0. The highest BCUT2D eigenvalue weighted by Crippen LogP contribution is 2.27. The third kappa shape index (κ3) is 3.24. The Morgan fingerprint density at radius 2 is 0.960 bits per heavy atom. The van der Waals surface area contributed by atoms with Gasteiger partial charge >= 0.3 is 0 Å². The summed E-state index contributed by atoms with van der Waals surface area (Å²) in [6.07, 6.45) is 1.88. The van der Waals surface area contributed by atoms with Gasteiger partial charge in [-0.25, -0.2) is 4.98 Å². The Bertz CT molecular complexity index is 976. The maximum Gasteiger partial charge on any atom is 0.103 e. The van der Waals surface area contributed by atoms with Crippen LogP contribution in [0.1, 0.15) is 11.4 Å². The van der Waals surface area contributed by atoms with Crippen molar-refractivity contribution in [1.82, 2.24) is 9.97 Å². The van der Waals surface area contributed by atoms with Gasteiger partial charge in [0.25, 0.3) is 0 Å². The fraction of sp³-hybridized carbons (Fsp3) is 0.0870. The fourth-order valence-electron chi connectivity index (χ4n) is 3.01. The van der Waals surface area contributed by atoms with Crippen molar-refractivity contribution < 1.29 is 0 Å². The monoisotopic (exact) mass is 324 g/mol. The summed E-state index contributed by atoms with van der Waals surface area (Å²) in [5, 5.41) is 0. The summed E-state index contributed by atoms with van der Waals surface area (Å²) < 4.78 is 0. The molecule has 0 aliphatic heterocycles. The standard InChI is InChI=1S/C23H20N2/c1-16-3-5-18(6-4-16)19-7-9-20(10-8-19)21-11-13-22(14-12-21)23-15-24-17(2)25-23/h3-15H,1-2H3,(H,24,25). The van der Waals surface area contributed by atoms with Gasteiger partial charge < -0.3 is 4.98 Å². The third-order valence-electron chi connectivity index (χ3n) is 4.50. The van der Waals surface area contributed by atoms with Crippen molar-refractivity contribution in [1.29, 1.82) is 0 Å². The summed E-state index contributed by atoms with van der Waals surface area (Å²) in [6.45, 7) is 4.08. The Kier molecular flexibility index (Phi) is 3.95. The minimum absolute atomic E-state index is 0.936. The fourth-order valence-corrected chi connectivity index (χ4v) is 3.01. The average Bonchev–Trinajstić information content (AvgIpc) is 3.09. The number of aryl methyl sites for hydroxylation is 2. The lowest BCUT2D eigenvalue weighted by atomic mass is 9.99. The molecule has 0 amide bonds. The van der Waals surface area contributed by atoms with Crippen LogP contribution in [0.3, 0.4) is 0 Å². The molecule has 0 unspecified atom stereocenters. The second-order valence-electron chi connectivity index (χ2n) is 6.40. The average molecular weight is 324 g/mol. The SMILES string of the molecule is Cc1ccc(-c2ccc(-c3ccc(-c4cnc(C)[nH]4)cc3)cc2)cc1. The zero-order chi connectivity index (χ0) is 17.2. The third-order valence-corrected chi connectivity index (χ3v) is 4.50. The molecule has 4 rings (SSSR count). The van der Waals surface area contributed by atoms with Gasteiger partial charge in [-0.1, -0.05) is 78.4 Å². The lowest BCUT2D eigenvalue weighted by Crippen LogP contribution is -1.82. The molecule has 0 aliphatic carbocycles. The van der Waals surface area contributed by atoms with Crippen LogP contribution in [0.2, 0.25) is 0 Å². The number of nitrogens with zero attached hydrogens (tertiary/aromatic N) is 1. The molecular formula is C23H20N2. The zero-order valence-electron chi connectivity index (χ0n) is 14.5. The largest absolute Gasteiger partial charge is 0.342 e. The second kappa shape index (κ2) is 6.40. The number of H-pyrrole nitrogens is 1. The molecule has 0 saturated heterocycles. The number of rotatable bonds is 3. The second-order valence-corrected chi connectivity index (χ2v) is 6.40. The quantitative estimate of drug-likeness (QED) is 0.490.